The first-order valence-corrected chi connectivity index (χ1v) is 6.62. The molecule has 1 aliphatic heterocycles. The zero-order chi connectivity index (χ0) is 13.3. The maximum Gasteiger partial charge on any atom is 0.370 e. The maximum absolute atomic E-state index is 4.53. The van der Waals surface area contributed by atoms with Crippen molar-refractivity contribution in [3.8, 4) is 11.4 Å². The summed E-state index contributed by atoms with van der Waals surface area (Å²) in [6.45, 7) is 0.882. The minimum absolute atomic E-state index is 0.882. The Hall–Kier alpha value is -2.69. The third-order valence-corrected chi connectivity index (χ3v) is 4.16. The van der Waals surface area contributed by atoms with Crippen molar-refractivity contribution in [1.29, 1.82) is 0 Å². The molecule has 4 aromatic rings. The van der Waals surface area contributed by atoms with Crippen molar-refractivity contribution in [3.63, 3.8) is 0 Å². The average Bonchev–Trinajstić information content (AvgIpc) is 3.09. The Morgan fingerprint density at radius 1 is 1.25 bits per heavy atom. The molecule has 4 aromatic heterocycles. The van der Waals surface area contributed by atoms with E-state index in [1.54, 1.807) is 0 Å². The van der Waals surface area contributed by atoms with E-state index in [2.05, 4.69) is 48.9 Å². The first kappa shape index (κ1) is 10.1. The third kappa shape index (κ3) is 1.02. The molecule has 1 aliphatic rings. The van der Waals surface area contributed by atoms with Crippen LogP contribution >= 0.6 is 0 Å². The van der Waals surface area contributed by atoms with Gasteiger partial charge in [-0.05, 0) is 12.1 Å². The van der Waals surface area contributed by atoms with Gasteiger partial charge < -0.3 is 0 Å². The number of pyridine rings is 2. The number of hydrogen-bond acceptors (Lipinski definition) is 2. The molecule has 0 N–H and O–H groups in total. The molecule has 5 rings (SSSR count). The van der Waals surface area contributed by atoms with Gasteiger partial charge in [-0.2, -0.15) is 4.40 Å². The standard InChI is InChI=1S/C15H12N5/c1-18-11-4-6-16-7-12(11)20-9-13-14-10(3-2-5-17-14)8-19(13)15(18)20/h2-7,9H,8H2,1H3/q+1. The van der Waals surface area contributed by atoms with Gasteiger partial charge in [0.2, 0.25) is 0 Å². The fourth-order valence-corrected chi connectivity index (χ4v) is 3.28. The molecule has 0 bridgehead atoms. The van der Waals surface area contributed by atoms with E-state index in [9.17, 15) is 0 Å². The lowest BCUT2D eigenvalue weighted by atomic mass is 10.2. The Morgan fingerprint density at radius 3 is 3.15 bits per heavy atom. The monoisotopic (exact) mass is 262 g/mol. The van der Waals surface area contributed by atoms with Crippen molar-refractivity contribution in [2.24, 2.45) is 7.05 Å². The van der Waals surface area contributed by atoms with Gasteiger partial charge in [-0.1, -0.05) is 6.07 Å². The van der Waals surface area contributed by atoms with E-state index in [0.29, 0.717) is 0 Å². The van der Waals surface area contributed by atoms with E-state index in [4.69, 9.17) is 0 Å². The predicted octanol–water partition coefficient (Wildman–Crippen LogP) is 1.54. The van der Waals surface area contributed by atoms with Gasteiger partial charge in [0, 0.05) is 18.0 Å². The van der Waals surface area contributed by atoms with Gasteiger partial charge in [0.25, 0.3) is 0 Å². The van der Waals surface area contributed by atoms with E-state index >= 15 is 0 Å². The van der Waals surface area contributed by atoms with E-state index in [1.165, 1.54) is 22.6 Å². The van der Waals surface area contributed by atoms with Crippen molar-refractivity contribution >= 4 is 16.8 Å². The van der Waals surface area contributed by atoms with Crippen molar-refractivity contribution < 1.29 is 4.57 Å². The summed E-state index contributed by atoms with van der Waals surface area (Å²) in [6, 6.07) is 6.20. The van der Waals surface area contributed by atoms with Gasteiger partial charge in [0.15, 0.2) is 11.2 Å². The number of imidazole rings is 2. The summed E-state index contributed by atoms with van der Waals surface area (Å²) in [7, 11) is 2.10. The average molecular weight is 262 g/mol. The molecule has 0 aliphatic carbocycles. The predicted molar refractivity (Wildman–Crippen MR) is 74.2 cm³/mol. The second-order valence-electron chi connectivity index (χ2n) is 5.21. The molecule has 0 saturated carbocycles. The van der Waals surface area contributed by atoms with Gasteiger partial charge in [0.05, 0.1) is 19.8 Å². The molecule has 0 aromatic carbocycles. The van der Waals surface area contributed by atoms with Crippen LogP contribution in [0.4, 0.5) is 0 Å². The van der Waals surface area contributed by atoms with Crippen LogP contribution in [-0.4, -0.2) is 18.9 Å². The normalized spacial score (nSPS) is 13.1. The first-order valence-electron chi connectivity index (χ1n) is 6.62. The van der Waals surface area contributed by atoms with Crippen LogP contribution in [0, 0.1) is 0 Å². The van der Waals surface area contributed by atoms with Crippen molar-refractivity contribution in [1.82, 2.24) is 18.9 Å². The number of rotatable bonds is 0. The highest BCUT2D eigenvalue weighted by Gasteiger charge is 2.31. The Labute approximate surface area is 114 Å². The fourth-order valence-electron chi connectivity index (χ4n) is 3.28. The summed E-state index contributed by atoms with van der Waals surface area (Å²) in [5, 5.41) is 0. The van der Waals surface area contributed by atoms with Gasteiger partial charge in [-0.25, -0.2) is 9.13 Å². The van der Waals surface area contributed by atoms with E-state index in [1.807, 2.05) is 24.7 Å². The minimum Gasteiger partial charge on any atom is -0.261 e. The molecule has 0 saturated heterocycles. The minimum atomic E-state index is 0.882. The zero-order valence-corrected chi connectivity index (χ0v) is 11.0. The zero-order valence-electron chi connectivity index (χ0n) is 11.0. The van der Waals surface area contributed by atoms with Crippen LogP contribution in [0.15, 0.2) is 43.0 Å². The molecular weight excluding hydrogens is 250 g/mol. The van der Waals surface area contributed by atoms with Gasteiger partial charge in [-0.15, -0.1) is 0 Å². The lowest BCUT2D eigenvalue weighted by molar-refractivity contribution is -0.621. The fraction of sp³-hybridized carbons (Fsp3) is 0.133. The molecule has 0 amide bonds. The molecule has 0 fully saturated rings. The topological polar surface area (TPSA) is 39.0 Å². The van der Waals surface area contributed by atoms with Gasteiger partial charge >= 0.3 is 5.78 Å². The van der Waals surface area contributed by atoms with Crippen LogP contribution in [0.5, 0.6) is 0 Å². The van der Waals surface area contributed by atoms with E-state index in [-0.39, 0.29) is 0 Å². The second kappa shape index (κ2) is 3.25. The molecule has 20 heavy (non-hydrogen) atoms. The summed E-state index contributed by atoms with van der Waals surface area (Å²) in [5.74, 6) is 1.17. The summed E-state index contributed by atoms with van der Waals surface area (Å²) in [5.41, 5.74) is 5.87. The molecular formula is C15H12N5+. The van der Waals surface area contributed by atoms with E-state index in [0.717, 1.165) is 17.8 Å². The third-order valence-electron chi connectivity index (χ3n) is 4.16. The van der Waals surface area contributed by atoms with Crippen LogP contribution in [0.25, 0.3) is 28.2 Å². The largest absolute Gasteiger partial charge is 0.370 e. The highest BCUT2D eigenvalue weighted by atomic mass is 15.3. The van der Waals surface area contributed by atoms with Gasteiger partial charge in [0.1, 0.15) is 17.4 Å². The van der Waals surface area contributed by atoms with Crippen LogP contribution in [0.2, 0.25) is 0 Å². The molecule has 5 nitrogen and oxygen atoms in total. The quantitative estimate of drug-likeness (QED) is 0.397. The number of aromatic nitrogens is 5. The number of aryl methyl sites for hydroxylation is 1. The summed E-state index contributed by atoms with van der Waals surface area (Å²) in [4.78, 5) is 8.77. The number of nitrogens with zero attached hydrogens (tertiary/aromatic N) is 5. The van der Waals surface area contributed by atoms with E-state index < -0.39 is 0 Å². The van der Waals surface area contributed by atoms with Crippen molar-refractivity contribution in [2.75, 3.05) is 0 Å². The first-order chi connectivity index (χ1) is 9.84. The lowest BCUT2D eigenvalue weighted by Gasteiger charge is -1.93. The van der Waals surface area contributed by atoms with Crippen LogP contribution in [0.1, 0.15) is 5.56 Å². The van der Waals surface area contributed by atoms with Crippen LogP contribution < -0.4 is 4.57 Å². The number of fused-ring (bicyclic) bond motifs is 7. The Kier molecular flexibility index (Phi) is 1.65. The Morgan fingerprint density at radius 2 is 2.20 bits per heavy atom. The maximum atomic E-state index is 4.53. The highest BCUT2D eigenvalue weighted by molar-refractivity contribution is 5.77. The molecule has 5 heteroatoms. The number of hydrogen-bond donors (Lipinski definition) is 0. The highest BCUT2D eigenvalue weighted by Crippen LogP contribution is 2.32. The van der Waals surface area contributed by atoms with Crippen LogP contribution in [0.3, 0.4) is 0 Å². The molecule has 0 atom stereocenters. The molecule has 0 unspecified atom stereocenters. The summed E-state index contributed by atoms with van der Waals surface area (Å²) < 4.78 is 6.74. The molecule has 5 heterocycles. The smallest absolute Gasteiger partial charge is 0.261 e. The lowest BCUT2D eigenvalue weighted by Crippen LogP contribution is -2.29. The molecule has 0 radical (unpaired) electrons. The Bertz CT molecular complexity index is 992. The SMILES string of the molecule is C[n+]1c2ccncc2n2cc3n(c21)Cc1cccnc1-3. The van der Waals surface area contributed by atoms with Crippen molar-refractivity contribution in [3.05, 3.63) is 48.5 Å². The van der Waals surface area contributed by atoms with Gasteiger partial charge in [-0.3, -0.25) is 9.97 Å². The molecule has 0 spiro atoms. The van der Waals surface area contributed by atoms with Crippen LogP contribution in [-0.2, 0) is 13.6 Å². The Balaban J connectivity index is 1.97. The van der Waals surface area contributed by atoms with Crippen molar-refractivity contribution in [2.45, 2.75) is 6.54 Å². The summed E-state index contributed by atoms with van der Waals surface area (Å²) in [6.07, 6.45) is 7.77. The summed E-state index contributed by atoms with van der Waals surface area (Å²) >= 11 is 0. The second-order valence-corrected chi connectivity index (χ2v) is 5.21. The molecule has 96 valence electrons.